The van der Waals surface area contributed by atoms with Crippen molar-refractivity contribution in [2.24, 2.45) is 5.41 Å². The predicted octanol–water partition coefficient (Wildman–Crippen LogP) is 1.86. The lowest BCUT2D eigenvalue weighted by molar-refractivity contribution is -0.141. The fourth-order valence-electron chi connectivity index (χ4n) is 2.71. The van der Waals surface area contributed by atoms with E-state index in [2.05, 4.69) is 5.32 Å². The third-order valence-electron chi connectivity index (χ3n) is 3.55. The lowest BCUT2D eigenvalue weighted by atomic mass is 9.69. The van der Waals surface area contributed by atoms with Crippen LogP contribution in [0.2, 0.25) is 0 Å². The van der Waals surface area contributed by atoms with Crippen LogP contribution in [0.5, 0.6) is 0 Å². The number of hydrogen-bond acceptors (Lipinski definition) is 3. The fourth-order valence-corrected chi connectivity index (χ4v) is 2.71. The van der Waals surface area contributed by atoms with E-state index in [-0.39, 0.29) is 17.7 Å². The standard InChI is InChI=1S/C15H19NO3/c1-3-19-10-15(2)9-12(17)16-14(18)13(15)11-7-5-4-6-8-11/h4-8,13H,3,9-10H2,1-2H3,(H,16,17,18). The van der Waals surface area contributed by atoms with E-state index >= 15 is 0 Å². The second-order valence-corrected chi connectivity index (χ2v) is 5.22. The number of ether oxygens (including phenoxy) is 1. The number of carbonyl (C=O) groups excluding carboxylic acids is 2. The maximum Gasteiger partial charge on any atom is 0.234 e. The van der Waals surface area contributed by atoms with Gasteiger partial charge in [-0.2, -0.15) is 0 Å². The van der Waals surface area contributed by atoms with Crippen LogP contribution in [-0.2, 0) is 14.3 Å². The molecule has 0 saturated carbocycles. The van der Waals surface area contributed by atoms with E-state index in [1.807, 2.05) is 44.2 Å². The predicted molar refractivity (Wildman–Crippen MR) is 71.5 cm³/mol. The second kappa shape index (κ2) is 5.53. The lowest BCUT2D eigenvalue weighted by Crippen LogP contribution is -2.51. The van der Waals surface area contributed by atoms with Gasteiger partial charge in [-0.05, 0) is 12.5 Å². The molecule has 0 aromatic heterocycles. The maximum atomic E-state index is 12.2. The van der Waals surface area contributed by atoms with E-state index in [9.17, 15) is 9.59 Å². The summed E-state index contributed by atoms with van der Waals surface area (Å²) < 4.78 is 5.49. The van der Waals surface area contributed by atoms with Gasteiger partial charge in [0.25, 0.3) is 0 Å². The number of nitrogens with one attached hydrogen (secondary N) is 1. The monoisotopic (exact) mass is 261 g/mol. The van der Waals surface area contributed by atoms with Crippen molar-refractivity contribution in [2.75, 3.05) is 13.2 Å². The molecule has 1 aromatic carbocycles. The third kappa shape index (κ3) is 2.84. The first-order valence-corrected chi connectivity index (χ1v) is 6.53. The first kappa shape index (κ1) is 13.7. The van der Waals surface area contributed by atoms with Crippen molar-refractivity contribution in [3.05, 3.63) is 35.9 Å². The maximum absolute atomic E-state index is 12.2. The highest BCUT2D eigenvalue weighted by Crippen LogP contribution is 2.41. The van der Waals surface area contributed by atoms with Gasteiger partial charge in [0.1, 0.15) is 0 Å². The van der Waals surface area contributed by atoms with Crippen LogP contribution in [0.4, 0.5) is 0 Å². The minimum absolute atomic E-state index is 0.223. The van der Waals surface area contributed by atoms with Gasteiger partial charge in [0.05, 0.1) is 12.5 Å². The van der Waals surface area contributed by atoms with Gasteiger partial charge in [0.2, 0.25) is 11.8 Å². The number of amides is 2. The minimum atomic E-state index is -0.489. The summed E-state index contributed by atoms with van der Waals surface area (Å²) in [6.45, 7) is 4.83. The van der Waals surface area contributed by atoms with E-state index < -0.39 is 5.41 Å². The van der Waals surface area contributed by atoms with Crippen LogP contribution in [0.15, 0.2) is 30.3 Å². The highest BCUT2D eigenvalue weighted by atomic mass is 16.5. The Morgan fingerprint density at radius 1 is 1.32 bits per heavy atom. The number of imide groups is 1. The molecule has 1 aliphatic rings. The molecule has 2 amide bonds. The first-order chi connectivity index (χ1) is 9.07. The van der Waals surface area contributed by atoms with Crippen molar-refractivity contribution in [1.29, 1.82) is 0 Å². The number of benzene rings is 1. The average molecular weight is 261 g/mol. The van der Waals surface area contributed by atoms with Crippen molar-refractivity contribution in [3.63, 3.8) is 0 Å². The van der Waals surface area contributed by atoms with Crippen LogP contribution in [-0.4, -0.2) is 25.0 Å². The molecule has 1 fully saturated rings. The summed E-state index contributed by atoms with van der Waals surface area (Å²) in [4.78, 5) is 23.8. The highest BCUT2D eigenvalue weighted by Gasteiger charge is 2.46. The molecule has 4 heteroatoms. The number of rotatable bonds is 4. The summed E-state index contributed by atoms with van der Waals surface area (Å²) in [6, 6.07) is 9.56. The quantitative estimate of drug-likeness (QED) is 0.842. The van der Waals surface area contributed by atoms with Crippen LogP contribution in [0.3, 0.4) is 0 Å². The molecule has 1 N–H and O–H groups in total. The first-order valence-electron chi connectivity index (χ1n) is 6.53. The SMILES string of the molecule is CCOCC1(C)CC(=O)NC(=O)C1c1ccccc1. The summed E-state index contributed by atoms with van der Waals surface area (Å²) in [7, 11) is 0. The number of carbonyl (C=O) groups is 2. The van der Waals surface area contributed by atoms with E-state index in [4.69, 9.17) is 4.74 Å². The molecule has 0 bridgehead atoms. The second-order valence-electron chi connectivity index (χ2n) is 5.22. The summed E-state index contributed by atoms with van der Waals surface area (Å²) in [5, 5.41) is 2.43. The Labute approximate surface area is 113 Å². The molecule has 2 atom stereocenters. The zero-order chi connectivity index (χ0) is 13.9. The van der Waals surface area contributed by atoms with Gasteiger partial charge >= 0.3 is 0 Å². The summed E-state index contributed by atoms with van der Waals surface area (Å²) in [6.07, 6.45) is 0.304. The van der Waals surface area contributed by atoms with Crippen molar-refractivity contribution in [2.45, 2.75) is 26.2 Å². The van der Waals surface area contributed by atoms with Crippen molar-refractivity contribution in [3.8, 4) is 0 Å². The molecule has 2 rings (SSSR count). The zero-order valence-electron chi connectivity index (χ0n) is 11.3. The summed E-state index contributed by atoms with van der Waals surface area (Å²) >= 11 is 0. The lowest BCUT2D eigenvalue weighted by Gasteiger charge is -2.39. The number of piperidine rings is 1. The molecule has 0 aliphatic carbocycles. The van der Waals surface area contributed by atoms with Gasteiger partial charge < -0.3 is 4.74 Å². The Hall–Kier alpha value is -1.68. The Morgan fingerprint density at radius 2 is 2.00 bits per heavy atom. The molecule has 102 valence electrons. The van der Waals surface area contributed by atoms with E-state index in [1.165, 1.54) is 0 Å². The third-order valence-corrected chi connectivity index (χ3v) is 3.55. The molecule has 2 unspecified atom stereocenters. The van der Waals surface area contributed by atoms with E-state index in [1.54, 1.807) is 0 Å². The van der Waals surface area contributed by atoms with E-state index in [0.29, 0.717) is 19.6 Å². The Kier molecular flexibility index (Phi) is 4.00. The molecule has 1 saturated heterocycles. The van der Waals surface area contributed by atoms with Gasteiger partial charge in [-0.15, -0.1) is 0 Å². The van der Waals surface area contributed by atoms with Gasteiger partial charge in [-0.3, -0.25) is 14.9 Å². The van der Waals surface area contributed by atoms with Crippen molar-refractivity contribution in [1.82, 2.24) is 5.32 Å². The van der Waals surface area contributed by atoms with Crippen LogP contribution >= 0.6 is 0 Å². The fraction of sp³-hybridized carbons (Fsp3) is 0.467. The Balaban J connectivity index is 2.35. The van der Waals surface area contributed by atoms with Crippen LogP contribution in [0, 0.1) is 5.41 Å². The van der Waals surface area contributed by atoms with Gasteiger partial charge in [0, 0.05) is 18.4 Å². The topological polar surface area (TPSA) is 55.4 Å². The molecule has 0 radical (unpaired) electrons. The molecule has 0 spiro atoms. The molecule has 1 aliphatic heterocycles. The van der Waals surface area contributed by atoms with E-state index in [0.717, 1.165) is 5.56 Å². The largest absolute Gasteiger partial charge is 0.381 e. The van der Waals surface area contributed by atoms with Gasteiger partial charge in [0.15, 0.2) is 0 Å². The normalized spacial score (nSPS) is 27.2. The molecular formula is C15H19NO3. The summed E-state index contributed by atoms with van der Waals surface area (Å²) in [5.74, 6) is -0.804. The van der Waals surface area contributed by atoms with Gasteiger partial charge in [-0.1, -0.05) is 37.3 Å². The molecule has 1 heterocycles. The Bertz CT molecular complexity index is 472. The Morgan fingerprint density at radius 3 is 2.63 bits per heavy atom. The van der Waals surface area contributed by atoms with Crippen molar-refractivity contribution < 1.29 is 14.3 Å². The zero-order valence-corrected chi connectivity index (χ0v) is 11.3. The van der Waals surface area contributed by atoms with Crippen LogP contribution < -0.4 is 5.32 Å². The minimum Gasteiger partial charge on any atom is -0.381 e. The average Bonchev–Trinajstić information content (AvgIpc) is 2.36. The van der Waals surface area contributed by atoms with Crippen LogP contribution in [0.25, 0.3) is 0 Å². The smallest absolute Gasteiger partial charge is 0.234 e. The molecule has 1 aromatic rings. The number of hydrogen-bond donors (Lipinski definition) is 1. The molecule has 4 nitrogen and oxygen atoms in total. The van der Waals surface area contributed by atoms with Crippen molar-refractivity contribution >= 4 is 11.8 Å². The summed E-state index contributed by atoms with van der Waals surface area (Å²) in [5.41, 5.74) is 0.436. The molecule has 19 heavy (non-hydrogen) atoms. The van der Waals surface area contributed by atoms with Gasteiger partial charge in [-0.25, -0.2) is 0 Å². The highest BCUT2D eigenvalue weighted by molar-refractivity contribution is 6.02. The van der Waals surface area contributed by atoms with Crippen LogP contribution in [0.1, 0.15) is 31.7 Å². The molecular weight excluding hydrogens is 242 g/mol.